The lowest BCUT2D eigenvalue weighted by molar-refractivity contribution is -0.120. The van der Waals surface area contributed by atoms with E-state index in [0.717, 1.165) is 19.3 Å². The minimum atomic E-state index is -0.512. The van der Waals surface area contributed by atoms with Crippen molar-refractivity contribution in [3.8, 4) is 0 Å². The average Bonchev–Trinajstić information content (AvgIpc) is 2.55. The number of carbonyl (C=O) groups is 4. The number of hydrogen-bond donors (Lipinski definition) is 4. The van der Waals surface area contributed by atoms with Gasteiger partial charge >= 0.3 is 12.1 Å². The highest BCUT2D eigenvalue weighted by Gasteiger charge is 2.08. The molecule has 4 N–H and O–H groups in total. The quantitative estimate of drug-likeness (QED) is 0.298. The molecule has 0 aromatic carbocycles. The largest absolute Gasteiger partial charge is 0.338 e. The smallest absolute Gasteiger partial charge is 0.321 e. The first-order valence-corrected chi connectivity index (χ1v) is 10.9. The fourth-order valence-electron chi connectivity index (χ4n) is 1.60. The zero-order valence-corrected chi connectivity index (χ0v) is 16.4. The van der Waals surface area contributed by atoms with Crippen LogP contribution in [0.3, 0.4) is 0 Å². The Morgan fingerprint density at radius 2 is 1.40 bits per heavy atom. The SMILES string of the molecule is CCCCCNC(=O)NC(=O)CSSCCNC(=O)NC(=O)CCC. The van der Waals surface area contributed by atoms with Crippen molar-refractivity contribution in [2.24, 2.45) is 0 Å². The van der Waals surface area contributed by atoms with Crippen LogP contribution in [0.2, 0.25) is 0 Å². The van der Waals surface area contributed by atoms with Crippen molar-refractivity contribution in [1.29, 1.82) is 0 Å². The first-order chi connectivity index (χ1) is 12.0. The molecule has 0 atom stereocenters. The van der Waals surface area contributed by atoms with Gasteiger partial charge in [-0.2, -0.15) is 0 Å². The van der Waals surface area contributed by atoms with Crippen molar-refractivity contribution < 1.29 is 19.2 Å². The summed E-state index contributed by atoms with van der Waals surface area (Å²) in [5, 5.41) is 9.66. The molecule has 0 aliphatic carbocycles. The third-order valence-corrected chi connectivity index (χ3v) is 5.06. The number of unbranched alkanes of at least 4 members (excludes halogenated alkanes) is 2. The molecule has 0 aromatic heterocycles. The molecule has 0 bridgehead atoms. The summed E-state index contributed by atoms with van der Waals surface area (Å²) in [4.78, 5) is 45.5. The molecule has 6 amide bonds. The van der Waals surface area contributed by atoms with E-state index in [2.05, 4.69) is 28.2 Å². The summed E-state index contributed by atoms with van der Waals surface area (Å²) >= 11 is 0. The predicted octanol–water partition coefficient (Wildman–Crippen LogP) is 2.01. The van der Waals surface area contributed by atoms with Crippen LogP contribution < -0.4 is 21.3 Å². The van der Waals surface area contributed by atoms with Gasteiger partial charge in [-0.3, -0.25) is 20.2 Å². The van der Waals surface area contributed by atoms with Gasteiger partial charge in [-0.25, -0.2) is 9.59 Å². The molecule has 0 spiro atoms. The van der Waals surface area contributed by atoms with Crippen LogP contribution in [0.1, 0.15) is 46.0 Å². The highest BCUT2D eigenvalue weighted by molar-refractivity contribution is 8.76. The lowest BCUT2D eigenvalue weighted by Gasteiger charge is -2.07. The van der Waals surface area contributed by atoms with Crippen LogP contribution >= 0.6 is 21.6 Å². The van der Waals surface area contributed by atoms with Crippen LogP contribution in [0.5, 0.6) is 0 Å². The van der Waals surface area contributed by atoms with E-state index in [1.807, 2.05) is 6.92 Å². The normalized spacial score (nSPS) is 10.0. The zero-order chi connectivity index (χ0) is 18.9. The second-order valence-corrected chi connectivity index (χ2v) is 7.73. The van der Waals surface area contributed by atoms with Crippen molar-refractivity contribution in [3.63, 3.8) is 0 Å². The number of amides is 6. The van der Waals surface area contributed by atoms with Crippen LogP contribution in [-0.2, 0) is 9.59 Å². The highest BCUT2D eigenvalue weighted by atomic mass is 33.1. The summed E-state index contributed by atoms with van der Waals surface area (Å²) in [7, 11) is 2.70. The predicted molar refractivity (Wildman–Crippen MR) is 102 cm³/mol. The number of hydrogen-bond acceptors (Lipinski definition) is 6. The zero-order valence-electron chi connectivity index (χ0n) is 14.8. The summed E-state index contributed by atoms with van der Waals surface area (Å²) in [5.74, 6) is 0.0677. The van der Waals surface area contributed by atoms with Crippen molar-refractivity contribution in [1.82, 2.24) is 21.3 Å². The Kier molecular flexibility index (Phi) is 15.2. The first-order valence-electron chi connectivity index (χ1n) is 8.39. The summed E-state index contributed by atoms with van der Waals surface area (Å²) in [6.07, 6.45) is 4.01. The molecule has 0 rings (SSSR count). The molecule has 10 heteroatoms. The van der Waals surface area contributed by atoms with Crippen LogP contribution in [0.25, 0.3) is 0 Å². The minimum Gasteiger partial charge on any atom is -0.338 e. The molecule has 0 aliphatic heterocycles. The van der Waals surface area contributed by atoms with Gasteiger partial charge < -0.3 is 10.6 Å². The molecule has 0 heterocycles. The number of urea groups is 2. The molecule has 25 heavy (non-hydrogen) atoms. The van der Waals surface area contributed by atoms with E-state index < -0.39 is 12.1 Å². The maximum atomic E-state index is 11.5. The van der Waals surface area contributed by atoms with E-state index in [9.17, 15) is 19.2 Å². The molecule has 0 aliphatic rings. The van der Waals surface area contributed by atoms with Crippen LogP contribution in [-0.4, -0.2) is 48.5 Å². The molecule has 0 radical (unpaired) electrons. The van der Waals surface area contributed by atoms with E-state index in [1.54, 1.807) is 0 Å². The Balaban J connectivity index is 3.55. The lowest BCUT2D eigenvalue weighted by atomic mass is 10.2. The Bertz CT molecular complexity index is 436. The number of carbonyl (C=O) groups excluding carboxylic acids is 4. The van der Waals surface area contributed by atoms with E-state index in [-0.39, 0.29) is 17.6 Å². The summed E-state index contributed by atoms with van der Waals surface area (Å²) in [6.45, 7) is 4.87. The Labute approximate surface area is 156 Å². The first kappa shape index (κ1) is 23.6. The van der Waals surface area contributed by atoms with Crippen LogP contribution in [0, 0.1) is 0 Å². The van der Waals surface area contributed by atoms with Crippen molar-refractivity contribution in [2.45, 2.75) is 46.0 Å². The molecule has 0 saturated carbocycles. The highest BCUT2D eigenvalue weighted by Crippen LogP contribution is 2.19. The molecule has 8 nitrogen and oxygen atoms in total. The van der Waals surface area contributed by atoms with E-state index in [0.29, 0.717) is 31.7 Å². The molecule has 0 aromatic rings. The monoisotopic (exact) mass is 392 g/mol. The summed E-state index contributed by atoms with van der Waals surface area (Å²) in [5.41, 5.74) is 0. The van der Waals surface area contributed by atoms with Gasteiger partial charge in [0.1, 0.15) is 0 Å². The van der Waals surface area contributed by atoms with E-state index in [1.165, 1.54) is 21.6 Å². The fourth-order valence-corrected chi connectivity index (χ4v) is 3.35. The van der Waals surface area contributed by atoms with Crippen molar-refractivity contribution in [2.75, 3.05) is 24.6 Å². The maximum absolute atomic E-state index is 11.5. The van der Waals surface area contributed by atoms with Crippen LogP contribution in [0.15, 0.2) is 0 Å². The Morgan fingerprint density at radius 1 is 0.760 bits per heavy atom. The third-order valence-electron chi connectivity index (χ3n) is 2.79. The second-order valence-electron chi connectivity index (χ2n) is 5.15. The molecule has 144 valence electrons. The van der Waals surface area contributed by atoms with Gasteiger partial charge in [-0.15, -0.1) is 0 Å². The number of rotatable bonds is 12. The number of imide groups is 2. The standard InChI is InChI=1S/C15H28N4O4S2/c1-3-5-6-8-16-14(22)19-13(21)11-25-24-10-9-17-15(23)18-12(20)7-4-2/h3-11H2,1-2H3,(H2,16,19,21,22)(H2,17,18,20,23). The Morgan fingerprint density at radius 3 is 2.04 bits per heavy atom. The summed E-state index contributed by atoms with van der Waals surface area (Å²) in [6, 6.07) is -0.983. The topological polar surface area (TPSA) is 116 Å². The lowest BCUT2D eigenvalue weighted by Crippen LogP contribution is -2.40. The minimum absolute atomic E-state index is 0.147. The average molecular weight is 393 g/mol. The maximum Gasteiger partial charge on any atom is 0.321 e. The number of nitrogens with one attached hydrogen (secondary N) is 4. The molecular formula is C15H28N4O4S2. The van der Waals surface area contributed by atoms with Gasteiger partial charge in [0.05, 0.1) is 5.75 Å². The Hall–Kier alpha value is -1.42. The summed E-state index contributed by atoms with van der Waals surface area (Å²) < 4.78 is 0. The van der Waals surface area contributed by atoms with Gasteiger partial charge in [-0.1, -0.05) is 48.3 Å². The van der Waals surface area contributed by atoms with Gasteiger partial charge in [0.2, 0.25) is 11.8 Å². The third kappa shape index (κ3) is 15.8. The van der Waals surface area contributed by atoms with Gasteiger partial charge in [0.25, 0.3) is 0 Å². The molecule has 0 saturated heterocycles. The molecule has 0 fully saturated rings. The molecular weight excluding hydrogens is 364 g/mol. The molecule has 0 unspecified atom stereocenters. The van der Waals surface area contributed by atoms with Crippen molar-refractivity contribution in [3.05, 3.63) is 0 Å². The van der Waals surface area contributed by atoms with Gasteiger partial charge in [-0.05, 0) is 12.8 Å². The van der Waals surface area contributed by atoms with Gasteiger partial charge in [0.15, 0.2) is 0 Å². The van der Waals surface area contributed by atoms with E-state index >= 15 is 0 Å². The van der Waals surface area contributed by atoms with Crippen molar-refractivity contribution >= 4 is 45.5 Å². The fraction of sp³-hybridized carbons (Fsp3) is 0.733. The van der Waals surface area contributed by atoms with Crippen LogP contribution in [0.4, 0.5) is 9.59 Å². The van der Waals surface area contributed by atoms with E-state index in [4.69, 9.17) is 0 Å². The second kappa shape index (κ2) is 16.1. The van der Waals surface area contributed by atoms with Gasteiger partial charge in [0, 0.05) is 25.3 Å².